The number of benzene rings is 1. The van der Waals surface area contributed by atoms with E-state index in [-0.39, 0.29) is 0 Å². The Morgan fingerprint density at radius 3 is 2.61 bits per heavy atom. The minimum Gasteiger partial charge on any atom is -0.477 e. The summed E-state index contributed by atoms with van der Waals surface area (Å²) in [4.78, 5) is 16.4. The normalized spacial score (nSPS) is 17.0. The number of aromatic carboxylic acids is 1. The van der Waals surface area contributed by atoms with E-state index in [2.05, 4.69) is 23.9 Å². The zero-order valence-electron chi connectivity index (χ0n) is 18.1. The van der Waals surface area contributed by atoms with Crippen molar-refractivity contribution in [3.8, 4) is 0 Å². The SMILES string of the molecule is [C-]#[N+]C1=C(c2ccc(C(O)CCCCC)cc2)C(CCCc2ccc(C(=O)O)s2)CC1. The molecule has 1 heterocycles. The number of hydrogen-bond acceptors (Lipinski definition) is 3. The maximum absolute atomic E-state index is 11.1. The van der Waals surface area contributed by atoms with E-state index < -0.39 is 12.1 Å². The summed E-state index contributed by atoms with van der Waals surface area (Å²) >= 11 is 1.35. The van der Waals surface area contributed by atoms with Gasteiger partial charge in [-0.1, -0.05) is 56.9 Å². The number of carboxylic acid groups (broad SMARTS) is 1. The maximum atomic E-state index is 11.1. The van der Waals surface area contributed by atoms with E-state index in [4.69, 9.17) is 11.7 Å². The van der Waals surface area contributed by atoms with Crippen LogP contribution < -0.4 is 0 Å². The van der Waals surface area contributed by atoms with Crippen LogP contribution in [0.5, 0.6) is 0 Å². The summed E-state index contributed by atoms with van der Waals surface area (Å²) in [6.45, 7) is 9.76. The summed E-state index contributed by atoms with van der Waals surface area (Å²) in [5.74, 6) is -0.499. The monoisotopic (exact) mass is 437 g/mol. The molecule has 4 nitrogen and oxygen atoms in total. The number of thiophene rings is 1. The van der Waals surface area contributed by atoms with E-state index in [0.717, 1.165) is 79.5 Å². The lowest BCUT2D eigenvalue weighted by molar-refractivity contribution is 0.0702. The van der Waals surface area contributed by atoms with E-state index in [1.54, 1.807) is 6.07 Å². The molecule has 2 N–H and O–H groups in total. The van der Waals surface area contributed by atoms with Crippen LogP contribution in [-0.4, -0.2) is 16.2 Å². The lowest BCUT2D eigenvalue weighted by Crippen LogP contribution is -2.02. The minimum absolute atomic E-state index is 0.364. The second-order valence-electron chi connectivity index (χ2n) is 8.30. The predicted octanol–water partition coefficient (Wildman–Crippen LogP) is 7.12. The highest BCUT2D eigenvalue weighted by Gasteiger charge is 2.26. The van der Waals surface area contributed by atoms with E-state index in [1.807, 2.05) is 18.2 Å². The first kappa shape index (κ1) is 23.2. The van der Waals surface area contributed by atoms with Gasteiger partial charge in [0.1, 0.15) is 4.88 Å². The third-order valence-corrected chi connectivity index (χ3v) is 7.25. The number of allylic oxidation sites excluding steroid dienone is 2. The summed E-state index contributed by atoms with van der Waals surface area (Å²) < 4.78 is 0. The molecule has 0 fully saturated rings. The maximum Gasteiger partial charge on any atom is 0.345 e. The van der Waals surface area contributed by atoms with E-state index >= 15 is 0 Å². The van der Waals surface area contributed by atoms with Gasteiger partial charge in [0.05, 0.1) is 12.7 Å². The van der Waals surface area contributed by atoms with Gasteiger partial charge in [0, 0.05) is 4.88 Å². The molecule has 1 aromatic heterocycles. The molecular formula is C26H31NO3S. The summed E-state index contributed by atoms with van der Waals surface area (Å²) in [5.41, 5.74) is 4.08. The Balaban J connectivity index is 1.63. The minimum atomic E-state index is -0.863. The van der Waals surface area contributed by atoms with E-state index in [9.17, 15) is 9.90 Å². The van der Waals surface area contributed by atoms with Gasteiger partial charge in [0.25, 0.3) is 0 Å². The van der Waals surface area contributed by atoms with Crippen LogP contribution in [0.4, 0.5) is 0 Å². The van der Waals surface area contributed by atoms with Crippen molar-refractivity contribution < 1.29 is 15.0 Å². The van der Waals surface area contributed by atoms with Crippen LogP contribution in [0.15, 0.2) is 42.1 Å². The fourth-order valence-corrected chi connectivity index (χ4v) is 5.31. The quantitative estimate of drug-likeness (QED) is 0.290. The van der Waals surface area contributed by atoms with Crippen LogP contribution >= 0.6 is 11.3 Å². The Morgan fingerprint density at radius 2 is 1.97 bits per heavy atom. The first-order valence-corrected chi connectivity index (χ1v) is 12.1. The molecule has 5 heteroatoms. The molecule has 2 aromatic rings. The molecule has 1 aromatic carbocycles. The van der Waals surface area contributed by atoms with Crippen molar-refractivity contribution in [3.63, 3.8) is 0 Å². The van der Waals surface area contributed by atoms with Crippen LogP contribution in [0, 0.1) is 12.5 Å². The number of aryl methyl sites for hydroxylation is 1. The molecule has 31 heavy (non-hydrogen) atoms. The fraction of sp³-hybridized carbons (Fsp3) is 0.462. The Labute approximate surface area is 189 Å². The van der Waals surface area contributed by atoms with Gasteiger partial charge in [-0.3, -0.25) is 0 Å². The number of nitrogens with zero attached hydrogens (tertiary/aromatic N) is 1. The number of aliphatic hydroxyl groups excluding tert-OH is 1. The molecule has 0 radical (unpaired) electrons. The van der Waals surface area contributed by atoms with Crippen molar-refractivity contribution in [1.29, 1.82) is 0 Å². The van der Waals surface area contributed by atoms with Crippen LogP contribution in [0.1, 0.15) is 90.1 Å². The van der Waals surface area contributed by atoms with Gasteiger partial charge in [0.2, 0.25) is 0 Å². The topological polar surface area (TPSA) is 61.9 Å². The summed E-state index contributed by atoms with van der Waals surface area (Å²) in [5, 5.41) is 19.5. The zero-order chi connectivity index (χ0) is 22.2. The molecule has 0 amide bonds. The third-order valence-electron chi connectivity index (χ3n) is 6.12. The Bertz CT molecular complexity index is 952. The Kier molecular flexibility index (Phi) is 8.45. The number of rotatable bonds is 11. The molecule has 1 aliphatic carbocycles. The van der Waals surface area contributed by atoms with E-state index in [1.165, 1.54) is 16.9 Å². The third kappa shape index (κ3) is 6.06. The largest absolute Gasteiger partial charge is 0.477 e. The summed E-state index contributed by atoms with van der Waals surface area (Å²) in [6.07, 6.45) is 8.36. The molecule has 1 aliphatic rings. The number of aliphatic hydroxyl groups is 1. The van der Waals surface area contributed by atoms with Crippen molar-refractivity contribution in [1.82, 2.24) is 0 Å². The second kappa shape index (κ2) is 11.3. The standard InChI is InChI=1S/C26H31NO3S/c1-3-4-5-9-23(28)18-10-12-20(13-11-18)25-19(14-16-22(25)27-2)7-6-8-21-15-17-24(31-21)26(29)30/h10-13,15,17,19,23,28H,3-9,14,16H2,1H3,(H,29,30). The number of carboxylic acids is 1. The second-order valence-corrected chi connectivity index (χ2v) is 9.47. The van der Waals surface area contributed by atoms with Crippen LogP contribution in [-0.2, 0) is 6.42 Å². The first-order valence-electron chi connectivity index (χ1n) is 11.2. The van der Waals surface area contributed by atoms with E-state index in [0.29, 0.717) is 10.8 Å². The Hall–Kier alpha value is -2.42. The van der Waals surface area contributed by atoms with Gasteiger partial charge in [-0.25, -0.2) is 9.64 Å². The van der Waals surface area contributed by atoms with Crippen molar-refractivity contribution >= 4 is 22.9 Å². The molecule has 0 aliphatic heterocycles. The van der Waals surface area contributed by atoms with Crippen molar-refractivity contribution in [3.05, 3.63) is 74.4 Å². The lowest BCUT2D eigenvalue weighted by Gasteiger charge is -2.17. The van der Waals surface area contributed by atoms with Gasteiger partial charge in [-0.05, 0) is 66.9 Å². The summed E-state index contributed by atoms with van der Waals surface area (Å²) in [7, 11) is 0. The smallest absolute Gasteiger partial charge is 0.345 e. The van der Waals surface area contributed by atoms with Gasteiger partial charge in [-0.2, -0.15) is 0 Å². The number of carbonyl (C=O) groups is 1. The zero-order valence-corrected chi connectivity index (χ0v) is 19.0. The molecule has 2 unspecified atom stereocenters. The highest BCUT2D eigenvalue weighted by atomic mass is 32.1. The van der Waals surface area contributed by atoms with Crippen molar-refractivity contribution in [2.75, 3.05) is 0 Å². The summed E-state index contributed by atoms with van der Waals surface area (Å²) in [6, 6.07) is 11.7. The molecular weight excluding hydrogens is 406 g/mol. The average molecular weight is 438 g/mol. The molecule has 164 valence electrons. The van der Waals surface area contributed by atoms with Crippen LogP contribution in [0.25, 0.3) is 10.4 Å². The number of unbranched alkanes of at least 4 members (excludes halogenated alkanes) is 2. The van der Waals surface area contributed by atoms with Gasteiger partial charge in [0.15, 0.2) is 5.70 Å². The molecule has 2 atom stereocenters. The van der Waals surface area contributed by atoms with Gasteiger partial charge < -0.3 is 10.2 Å². The number of hydrogen-bond donors (Lipinski definition) is 2. The van der Waals surface area contributed by atoms with Crippen LogP contribution in [0.2, 0.25) is 0 Å². The predicted molar refractivity (Wildman–Crippen MR) is 126 cm³/mol. The molecule has 0 saturated carbocycles. The van der Waals surface area contributed by atoms with Crippen LogP contribution in [0.3, 0.4) is 0 Å². The Morgan fingerprint density at radius 1 is 1.19 bits per heavy atom. The molecule has 0 spiro atoms. The molecule has 3 rings (SSSR count). The fourth-order valence-electron chi connectivity index (χ4n) is 4.42. The van der Waals surface area contributed by atoms with Gasteiger partial charge in [-0.15, -0.1) is 11.3 Å². The lowest BCUT2D eigenvalue weighted by atomic mass is 9.89. The van der Waals surface area contributed by atoms with Crippen molar-refractivity contribution in [2.24, 2.45) is 5.92 Å². The van der Waals surface area contributed by atoms with Crippen molar-refractivity contribution in [2.45, 2.75) is 70.8 Å². The molecule has 0 bridgehead atoms. The van der Waals surface area contributed by atoms with Gasteiger partial charge >= 0.3 is 5.97 Å². The highest BCUT2D eigenvalue weighted by molar-refractivity contribution is 7.13. The highest BCUT2D eigenvalue weighted by Crippen LogP contribution is 2.42. The molecule has 0 saturated heterocycles. The average Bonchev–Trinajstić information content (AvgIpc) is 3.41. The first-order chi connectivity index (χ1) is 15.0.